The highest BCUT2D eigenvalue weighted by Gasteiger charge is 2.60. The lowest BCUT2D eigenvalue weighted by Crippen LogP contribution is -2.66. The first-order valence-electron chi connectivity index (χ1n) is 12.4. The van der Waals surface area contributed by atoms with E-state index in [4.69, 9.17) is 5.73 Å². The van der Waals surface area contributed by atoms with E-state index in [9.17, 15) is 24.3 Å². The molecule has 1 aromatic heterocycles. The van der Waals surface area contributed by atoms with Gasteiger partial charge in [-0.25, -0.2) is 9.48 Å². The molecule has 0 saturated carbocycles. The van der Waals surface area contributed by atoms with Crippen molar-refractivity contribution in [2.45, 2.75) is 62.7 Å². The molecule has 5 N–H and O–H groups in total. The summed E-state index contributed by atoms with van der Waals surface area (Å²) >= 11 is 1.44. The van der Waals surface area contributed by atoms with Crippen molar-refractivity contribution in [1.29, 1.82) is 0 Å². The van der Waals surface area contributed by atoms with E-state index in [0.717, 1.165) is 6.42 Å². The molecule has 7 atom stereocenters. The zero-order chi connectivity index (χ0) is 26.4. The predicted molar refractivity (Wildman–Crippen MR) is 130 cm³/mol. The number of β-lactam (4-membered cyclic amide) rings is 1. The molecule has 15 heteroatoms. The van der Waals surface area contributed by atoms with Crippen molar-refractivity contribution in [2.75, 3.05) is 19.6 Å². The van der Waals surface area contributed by atoms with Gasteiger partial charge in [0.15, 0.2) is 0 Å². The third kappa shape index (κ3) is 4.70. The highest BCUT2D eigenvalue weighted by molar-refractivity contribution is 8.03. The molecule has 0 spiro atoms. The Balaban J connectivity index is 1.23. The standard InChI is InChI=1S/C22H31N9O5S/c1-10-17-16(11(2)26-15(32)8-30-9-25-27-28-30)21(34)31(17)18(22(35)36)19(10)37-13-5-14(24-6-13)20(33)29-4-3-12(23)7-29/h9-14,16-17,24H,3-8,23H2,1-2H3,(H,26,32)(H,35,36)/t10-,11-,12-,13+,14+,16-,17-/m1/s1. The van der Waals surface area contributed by atoms with Gasteiger partial charge in [-0.1, -0.05) is 6.92 Å². The van der Waals surface area contributed by atoms with Crippen LogP contribution in [0.2, 0.25) is 0 Å². The van der Waals surface area contributed by atoms with Crippen LogP contribution in [0.25, 0.3) is 0 Å². The number of likely N-dealkylation sites (tertiary alicyclic amines) is 1. The van der Waals surface area contributed by atoms with E-state index in [-0.39, 0.29) is 59.3 Å². The van der Waals surface area contributed by atoms with Crippen LogP contribution in [0.4, 0.5) is 0 Å². The van der Waals surface area contributed by atoms with Crippen LogP contribution < -0.4 is 16.4 Å². The first kappa shape index (κ1) is 25.6. The summed E-state index contributed by atoms with van der Waals surface area (Å²) in [7, 11) is 0. The van der Waals surface area contributed by atoms with Crippen LogP contribution in [0.5, 0.6) is 0 Å². The van der Waals surface area contributed by atoms with Crippen molar-refractivity contribution < 1.29 is 24.3 Å². The number of carbonyl (C=O) groups excluding carboxylic acids is 3. The number of carbonyl (C=O) groups is 4. The number of carboxylic acid groups (broad SMARTS) is 1. The monoisotopic (exact) mass is 533 g/mol. The van der Waals surface area contributed by atoms with Crippen LogP contribution in [0.15, 0.2) is 16.9 Å². The first-order valence-corrected chi connectivity index (χ1v) is 13.3. The van der Waals surface area contributed by atoms with Crippen molar-refractivity contribution >= 4 is 35.5 Å². The van der Waals surface area contributed by atoms with Gasteiger partial charge in [0.05, 0.1) is 18.0 Å². The van der Waals surface area contributed by atoms with Crippen LogP contribution in [-0.4, -0.2) is 108 Å². The summed E-state index contributed by atoms with van der Waals surface area (Å²) in [6.45, 7) is 5.37. The number of aromatic nitrogens is 4. The van der Waals surface area contributed by atoms with Gasteiger partial charge in [-0.15, -0.1) is 16.9 Å². The van der Waals surface area contributed by atoms with Gasteiger partial charge in [0.1, 0.15) is 18.6 Å². The highest BCUT2D eigenvalue weighted by atomic mass is 32.2. The second-order valence-electron chi connectivity index (χ2n) is 10.2. The average Bonchev–Trinajstić information content (AvgIpc) is 3.63. The quantitative estimate of drug-likeness (QED) is 0.270. The van der Waals surface area contributed by atoms with E-state index in [1.807, 2.05) is 6.92 Å². The molecule has 4 aliphatic heterocycles. The molecule has 1 aromatic rings. The van der Waals surface area contributed by atoms with E-state index in [0.29, 0.717) is 31.0 Å². The topological polar surface area (TPSA) is 189 Å². The van der Waals surface area contributed by atoms with Crippen LogP contribution in [0, 0.1) is 11.8 Å². The zero-order valence-corrected chi connectivity index (χ0v) is 21.4. The summed E-state index contributed by atoms with van der Waals surface area (Å²) in [6.07, 6.45) is 2.69. The Bertz CT molecular complexity index is 1130. The molecule has 200 valence electrons. The van der Waals surface area contributed by atoms with Crippen molar-refractivity contribution in [3.05, 3.63) is 16.9 Å². The Morgan fingerprint density at radius 2 is 2.16 bits per heavy atom. The van der Waals surface area contributed by atoms with E-state index in [1.165, 1.54) is 27.7 Å². The molecule has 3 amide bonds. The van der Waals surface area contributed by atoms with Gasteiger partial charge in [-0.3, -0.25) is 14.4 Å². The second-order valence-corrected chi connectivity index (χ2v) is 11.5. The molecule has 0 radical (unpaired) electrons. The number of hydrogen-bond donors (Lipinski definition) is 4. The minimum absolute atomic E-state index is 0.00213. The van der Waals surface area contributed by atoms with E-state index in [1.54, 1.807) is 11.8 Å². The number of rotatable bonds is 8. The van der Waals surface area contributed by atoms with Crippen LogP contribution >= 0.6 is 11.8 Å². The van der Waals surface area contributed by atoms with Crippen molar-refractivity contribution in [2.24, 2.45) is 17.6 Å². The van der Waals surface area contributed by atoms with Crippen LogP contribution in [0.1, 0.15) is 26.7 Å². The molecule has 3 saturated heterocycles. The number of nitrogens with zero attached hydrogens (tertiary/aromatic N) is 6. The number of carboxylic acids is 1. The van der Waals surface area contributed by atoms with Gasteiger partial charge in [0.2, 0.25) is 17.7 Å². The number of thioether (sulfide) groups is 1. The third-order valence-corrected chi connectivity index (χ3v) is 9.15. The number of nitrogens with two attached hydrogens (primary N) is 1. The molecule has 5 rings (SSSR count). The molecule has 3 fully saturated rings. The summed E-state index contributed by atoms with van der Waals surface area (Å²) in [5, 5.41) is 26.7. The van der Waals surface area contributed by atoms with Gasteiger partial charge < -0.3 is 31.3 Å². The molecule has 5 heterocycles. The minimum Gasteiger partial charge on any atom is -0.477 e. The van der Waals surface area contributed by atoms with E-state index < -0.39 is 17.9 Å². The number of nitrogens with one attached hydrogen (secondary N) is 2. The van der Waals surface area contributed by atoms with Gasteiger partial charge in [0, 0.05) is 47.8 Å². The van der Waals surface area contributed by atoms with Crippen molar-refractivity contribution in [1.82, 2.24) is 40.6 Å². The lowest BCUT2D eigenvalue weighted by molar-refractivity contribution is -0.158. The summed E-state index contributed by atoms with van der Waals surface area (Å²) in [5.74, 6) is -2.54. The maximum atomic E-state index is 13.1. The van der Waals surface area contributed by atoms with E-state index >= 15 is 0 Å². The number of hydrogen-bond acceptors (Lipinski definition) is 10. The smallest absolute Gasteiger partial charge is 0.353 e. The lowest BCUT2D eigenvalue weighted by atomic mass is 9.78. The summed E-state index contributed by atoms with van der Waals surface area (Å²) in [6, 6.07) is -1.17. The maximum Gasteiger partial charge on any atom is 0.353 e. The van der Waals surface area contributed by atoms with Crippen LogP contribution in [0.3, 0.4) is 0 Å². The van der Waals surface area contributed by atoms with Crippen LogP contribution in [-0.2, 0) is 25.7 Å². The number of tetrazole rings is 1. The fourth-order valence-corrected chi connectivity index (χ4v) is 7.33. The Labute approximate surface area is 217 Å². The summed E-state index contributed by atoms with van der Waals surface area (Å²) in [5.41, 5.74) is 5.95. The number of aliphatic carboxylic acids is 1. The normalized spacial score (nSPS) is 31.9. The molecule has 14 nitrogen and oxygen atoms in total. The second kappa shape index (κ2) is 10.0. The molecular formula is C22H31N9O5S. The number of fused-ring (bicyclic) bond motifs is 1. The van der Waals surface area contributed by atoms with Crippen molar-refractivity contribution in [3.63, 3.8) is 0 Å². The summed E-state index contributed by atoms with van der Waals surface area (Å²) < 4.78 is 1.28. The molecular weight excluding hydrogens is 502 g/mol. The SMILES string of the molecule is C[C@@H](NC(=O)Cn1cnnn1)[C@H]1C(=O)N2C(C(=O)O)=C(S[C@@H]3CN[C@H](C(=O)N4CC[C@@H](N)C4)C3)[C@H](C)[C@H]12. The molecule has 0 bridgehead atoms. The Morgan fingerprint density at radius 3 is 2.81 bits per heavy atom. The predicted octanol–water partition coefficient (Wildman–Crippen LogP) is -2.03. The molecule has 4 aliphatic rings. The number of amides is 3. The van der Waals surface area contributed by atoms with E-state index in [2.05, 4.69) is 26.2 Å². The Morgan fingerprint density at radius 1 is 1.38 bits per heavy atom. The van der Waals surface area contributed by atoms with Gasteiger partial charge >= 0.3 is 5.97 Å². The fourth-order valence-electron chi connectivity index (χ4n) is 5.85. The highest BCUT2D eigenvalue weighted by Crippen LogP contribution is 2.51. The first-order chi connectivity index (χ1) is 17.7. The molecule has 0 aliphatic carbocycles. The lowest BCUT2D eigenvalue weighted by Gasteiger charge is -2.47. The Kier molecular flexibility index (Phi) is 6.93. The third-order valence-electron chi connectivity index (χ3n) is 7.63. The largest absolute Gasteiger partial charge is 0.477 e. The Hall–Kier alpha value is -3.04. The molecule has 0 aromatic carbocycles. The maximum absolute atomic E-state index is 13.1. The zero-order valence-electron chi connectivity index (χ0n) is 20.6. The minimum atomic E-state index is -1.15. The average molecular weight is 534 g/mol. The molecule has 37 heavy (non-hydrogen) atoms. The fraction of sp³-hybridized carbons (Fsp3) is 0.682. The summed E-state index contributed by atoms with van der Waals surface area (Å²) in [4.78, 5) is 54.4. The van der Waals surface area contributed by atoms with Gasteiger partial charge in [-0.2, -0.15) is 0 Å². The molecule has 0 unspecified atom stereocenters. The van der Waals surface area contributed by atoms with Crippen molar-refractivity contribution in [3.8, 4) is 0 Å². The van der Waals surface area contributed by atoms with Gasteiger partial charge in [0.25, 0.3) is 0 Å². The van der Waals surface area contributed by atoms with Gasteiger partial charge in [-0.05, 0) is 30.2 Å².